The first-order valence-corrected chi connectivity index (χ1v) is 12.7. The summed E-state index contributed by atoms with van der Waals surface area (Å²) in [5.74, 6) is 0.942. The molecule has 4 aromatic rings. The van der Waals surface area contributed by atoms with E-state index in [1.165, 1.54) is 39.4 Å². The van der Waals surface area contributed by atoms with Gasteiger partial charge >= 0.3 is 5.69 Å². The van der Waals surface area contributed by atoms with Crippen LogP contribution in [0.1, 0.15) is 6.92 Å². The van der Waals surface area contributed by atoms with Gasteiger partial charge in [0.05, 0.1) is 29.7 Å². The molecule has 0 saturated heterocycles. The van der Waals surface area contributed by atoms with Gasteiger partial charge in [-0.3, -0.25) is 13.9 Å². The molecular formula is C24H29N5O7S. The molecule has 2 heterocycles. The Labute approximate surface area is 213 Å². The second kappa shape index (κ2) is 9.92. The van der Waals surface area contributed by atoms with Crippen molar-refractivity contribution in [2.45, 2.75) is 17.6 Å². The molecule has 0 amide bonds. The van der Waals surface area contributed by atoms with Gasteiger partial charge in [-0.05, 0) is 25.1 Å². The minimum Gasteiger partial charge on any atom is -0.490 e. The molecule has 1 atom stereocenters. The van der Waals surface area contributed by atoms with Gasteiger partial charge in [-0.25, -0.2) is 9.78 Å². The van der Waals surface area contributed by atoms with E-state index in [1.807, 2.05) is 0 Å². The number of methoxy groups -OCH3 is 1. The van der Waals surface area contributed by atoms with Crippen LogP contribution in [-0.2, 0) is 35.9 Å². The quantitative estimate of drug-likeness (QED) is 0.317. The Morgan fingerprint density at radius 3 is 2.38 bits per heavy atom. The Balaban J connectivity index is 1.71. The average molecular weight is 532 g/mol. The Morgan fingerprint density at radius 1 is 1.05 bits per heavy atom. The van der Waals surface area contributed by atoms with Crippen LogP contribution in [0.15, 0.2) is 58.7 Å². The first kappa shape index (κ1) is 26.3. The van der Waals surface area contributed by atoms with Gasteiger partial charge < -0.3 is 23.9 Å². The predicted octanol–water partition coefficient (Wildman–Crippen LogP) is 1.98. The highest BCUT2D eigenvalue weighted by Gasteiger charge is 2.23. The first-order chi connectivity index (χ1) is 17.4. The van der Waals surface area contributed by atoms with Crippen LogP contribution >= 0.6 is 0 Å². The van der Waals surface area contributed by atoms with Crippen molar-refractivity contribution >= 4 is 26.7 Å². The molecule has 0 aliphatic carbocycles. The van der Waals surface area contributed by atoms with Crippen molar-refractivity contribution in [3.05, 3.63) is 59.4 Å². The van der Waals surface area contributed by atoms with Crippen LogP contribution in [0.25, 0.3) is 11.0 Å². The average Bonchev–Trinajstić information content (AvgIpc) is 3.37. The minimum atomic E-state index is -4.05. The lowest BCUT2D eigenvalue weighted by Gasteiger charge is -2.22. The largest absolute Gasteiger partial charge is 0.490 e. The molecule has 0 fully saturated rings. The number of benzene rings is 2. The number of fused-ring (bicyclic) bond motifs is 1. The summed E-state index contributed by atoms with van der Waals surface area (Å²) in [5, 5.41) is 10.1. The maximum atomic E-state index is 13.0. The van der Waals surface area contributed by atoms with Gasteiger partial charge in [0.2, 0.25) is 0 Å². The number of hydrogen-bond donors (Lipinski definition) is 2. The third kappa shape index (κ3) is 5.63. The van der Waals surface area contributed by atoms with Crippen LogP contribution in [0.5, 0.6) is 17.2 Å². The number of ether oxygens (including phenoxy) is 3. The smallest absolute Gasteiger partial charge is 0.328 e. The fourth-order valence-electron chi connectivity index (χ4n) is 3.76. The lowest BCUT2D eigenvalue weighted by Crippen LogP contribution is -2.37. The van der Waals surface area contributed by atoms with Gasteiger partial charge in [-0.2, -0.15) is 8.42 Å². The minimum absolute atomic E-state index is 0.0164. The number of hydrogen-bond acceptors (Lipinski definition) is 8. The molecule has 0 radical (unpaired) electrons. The molecule has 0 aliphatic rings. The lowest BCUT2D eigenvalue weighted by molar-refractivity contribution is -0.0462. The van der Waals surface area contributed by atoms with Gasteiger partial charge in [0.25, 0.3) is 10.0 Å². The lowest BCUT2D eigenvalue weighted by atomic mass is 10.1. The van der Waals surface area contributed by atoms with E-state index in [0.29, 0.717) is 22.5 Å². The molecule has 198 valence electrons. The fourth-order valence-corrected chi connectivity index (χ4v) is 4.81. The highest BCUT2D eigenvalue weighted by molar-refractivity contribution is 7.92. The third-order valence-corrected chi connectivity index (χ3v) is 6.86. The molecule has 0 spiro atoms. The highest BCUT2D eigenvalue weighted by atomic mass is 32.2. The monoisotopic (exact) mass is 531 g/mol. The van der Waals surface area contributed by atoms with Gasteiger partial charge in [0.1, 0.15) is 23.7 Å². The van der Waals surface area contributed by atoms with E-state index in [4.69, 9.17) is 14.2 Å². The fraction of sp³-hybridized carbons (Fsp3) is 0.333. The summed E-state index contributed by atoms with van der Waals surface area (Å²) in [7, 11) is 2.32. The summed E-state index contributed by atoms with van der Waals surface area (Å²) in [6.07, 6.45) is 2.75. The topological polar surface area (TPSA) is 139 Å². The Bertz CT molecular complexity index is 1600. The molecule has 37 heavy (non-hydrogen) atoms. The van der Waals surface area contributed by atoms with Crippen molar-refractivity contribution < 1.29 is 27.7 Å². The molecule has 12 nitrogen and oxygen atoms in total. The van der Waals surface area contributed by atoms with E-state index in [9.17, 15) is 18.3 Å². The van der Waals surface area contributed by atoms with Gasteiger partial charge in [-0.15, -0.1) is 0 Å². The first-order valence-electron chi connectivity index (χ1n) is 11.2. The number of nitrogens with zero attached hydrogens (tertiary/aromatic N) is 4. The Hall–Kier alpha value is -3.81. The number of aromatic nitrogens is 4. The summed E-state index contributed by atoms with van der Waals surface area (Å²) < 4.78 is 49.7. The van der Waals surface area contributed by atoms with Crippen LogP contribution in [0, 0.1) is 0 Å². The van der Waals surface area contributed by atoms with Crippen LogP contribution in [0.3, 0.4) is 0 Å². The van der Waals surface area contributed by atoms with E-state index >= 15 is 0 Å². The van der Waals surface area contributed by atoms with Gasteiger partial charge in [0, 0.05) is 46.6 Å². The number of sulfonamides is 1. The number of nitrogens with one attached hydrogen (secondary N) is 1. The molecule has 2 aromatic heterocycles. The van der Waals surface area contributed by atoms with E-state index in [2.05, 4.69) is 9.71 Å². The van der Waals surface area contributed by atoms with Crippen molar-refractivity contribution in [3.8, 4) is 17.2 Å². The zero-order valence-corrected chi connectivity index (χ0v) is 21.9. The van der Waals surface area contributed by atoms with Gasteiger partial charge in [-0.1, -0.05) is 6.07 Å². The standard InChI is InChI=1S/C24H29N5O7S/c1-24(31,13-34-5)14-35-16-7-6-8-17(9-16)36-21-11-20-19(28(3)23(30)29(20)4)10-18(21)26-37(32,33)22-12-27(2)15-25-22/h6-12,15,26,31H,13-14H2,1-5H3. The zero-order valence-electron chi connectivity index (χ0n) is 21.1. The molecule has 1 unspecified atom stereocenters. The van der Waals surface area contributed by atoms with Crippen molar-refractivity contribution in [1.29, 1.82) is 0 Å². The molecular weight excluding hydrogens is 502 g/mol. The molecule has 2 N–H and O–H groups in total. The molecule has 2 aromatic carbocycles. The number of imidazole rings is 2. The number of rotatable bonds is 10. The van der Waals surface area contributed by atoms with Crippen LogP contribution < -0.4 is 19.9 Å². The van der Waals surface area contributed by atoms with Crippen molar-refractivity contribution in [2.24, 2.45) is 21.1 Å². The second-order valence-electron chi connectivity index (χ2n) is 9.02. The third-order valence-electron chi connectivity index (χ3n) is 5.61. The molecule has 4 rings (SSSR count). The van der Waals surface area contributed by atoms with Crippen LogP contribution in [-0.4, -0.2) is 58.1 Å². The number of aliphatic hydroxyl groups is 1. The van der Waals surface area contributed by atoms with E-state index in [-0.39, 0.29) is 35.4 Å². The van der Waals surface area contributed by atoms with Gasteiger partial charge in [0.15, 0.2) is 10.8 Å². The van der Waals surface area contributed by atoms with Crippen LogP contribution in [0.4, 0.5) is 5.69 Å². The Morgan fingerprint density at radius 2 is 1.73 bits per heavy atom. The van der Waals surface area contributed by atoms with Crippen molar-refractivity contribution in [2.75, 3.05) is 25.0 Å². The Kier molecular flexibility index (Phi) is 7.04. The highest BCUT2D eigenvalue weighted by Crippen LogP contribution is 2.36. The number of aryl methyl sites for hydroxylation is 3. The maximum Gasteiger partial charge on any atom is 0.328 e. The molecule has 0 aliphatic heterocycles. The van der Waals surface area contributed by atoms with E-state index < -0.39 is 15.6 Å². The summed E-state index contributed by atoms with van der Waals surface area (Å²) >= 11 is 0. The SMILES string of the molecule is COCC(C)(O)COc1cccc(Oc2cc3c(cc2NS(=O)(=O)c2cn(C)cn2)n(C)c(=O)n3C)c1. The maximum absolute atomic E-state index is 13.0. The summed E-state index contributed by atoms with van der Waals surface area (Å²) in [6, 6.07) is 9.80. The summed E-state index contributed by atoms with van der Waals surface area (Å²) in [5.41, 5.74) is -0.286. The van der Waals surface area contributed by atoms with Crippen molar-refractivity contribution in [1.82, 2.24) is 18.7 Å². The summed E-state index contributed by atoms with van der Waals surface area (Å²) in [6.45, 7) is 1.67. The second-order valence-corrected chi connectivity index (χ2v) is 10.6. The van der Waals surface area contributed by atoms with Crippen LogP contribution in [0.2, 0.25) is 0 Å². The van der Waals surface area contributed by atoms with Crippen molar-refractivity contribution in [3.63, 3.8) is 0 Å². The predicted molar refractivity (Wildman–Crippen MR) is 137 cm³/mol. The van der Waals surface area contributed by atoms with E-state index in [0.717, 1.165) is 0 Å². The normalized spacial score (nSPS) is 13.5. The van der Waals surface area contributed by atoms with E-state index in [1.54, 1.807) is 58.4 Å². The number of anilines is 1. The zero-order chi connectivity index (χ0) is 27.0. The molecule has 0 saturated carbocycles. The molecule has 0 bridgehead atoms. The summed E-state index contributed by atoms with van der Waals surface area (Å²) in [4.78, 5) is 16.4. The molecule has 13 heteroatoms.